The molecule has 0 saturated heterocycles. The molecule has 2 aromatic rings. The number of aromatic amines is 1. The number of H-pyrrole nitrogens is 1. The average Bonchev–Trinajstić information content (AvgIpc) is 2.54. The van der Waals surface area contributed by atoms with E-state index in [9.17, 15) is 4.21 Å². The number of nitrogens with one attached hydrogen (secondary N) is 1. The highest BCUT2D eigenvalue weighted by Gasteiger charge is 2.04. The van der Waals surface area contributed by atoms with E-state index in [1.54, 1.807) is 6.26 Å². The van der Waals surface area contributed by atoms with Crippen LogP contribution >= 0.6 is 34.8 Å². The van der Waals surface area contributed by atoms with Crippen LogP contribution in [0.3, 0.4) is 0 Å². The number of aromatic nitrogens is 2. The standard InChI is InChI=1S/C11H13IN2OS2/c1-17(15)6-2-5-14-10-4-3-8(12)7-9(10)13-11(14)16/h3-4,7H,2,5-6H2,1H3,(H,13,16). The molecule has 0 spiro atoms. The third-order valence-electron chi connectivity index (χ3n) is 2.55. The van der Waals surface area contributed by atoms with Crippen LogP contribution in [0.2, 0.25) is 0 Å². The van der Waals surface area contributed by atoms with Gasteiger partial charge in [0.15, 0.2) is 4.77 Å². The Labute approximate surface area is 121 Å². The second kappa shape index (κ2) is 5.62. The number of hydrogen-bond donors (Lipinski definition) is 1. The molecule has 1 atom stereocenters. The van der Waals surface area contributed by atoms with E-state index in [2.05, 4.69) is 50.3 Å². The summed E-state index contributed by atoms with van der Waals surface area (Å²) in [6, 6.07) is 6.23. The van der Waals surface area contributed by atoms with Crippen LogP contribution in [0.4, 0.5) is 0 Å². The van der Waals surface area contributed by atoms with Gasteiger partial charge in [-0.3, -0.25) is 4.21 Å². The largest absolute Gasteiger partial charge is 0.331 e. The lowest BCUT2D eigenvalue weighted by molar-refractivity contribution is 0.665. The fourth-order valence-electron chi connectivity index (χ4n) is 1.78. The number of aryl methyl sites for hydroxylation is 1. The van der Waals surface area contributed by atoms with E-state index in [0.29, 0.717) is 0 Å². The zero-order valence-corrected chi connectivity index (χ0v) is 13.2. The van der Waals surface area contributed by atoms with Crippen LogP contribution < -0.4 is 0 Å². The van der Waals surface area contributed by atoms with E-state index in [4.69, 9.17) is 12.2 Å². The maximum Gasteiger partial charge on any atom is 0.178 e. The lowest BCUT2D eigenvalue weighted by Crippen LogP contribution is -2.03. The van der Waals surface area contributed by atoms with Crippen molar-refractivity contribution in [1.82, 2.24) is 9.55 Å². The predicted octanol–water partition coefficient (Wildman–Crippen LogP) is 3.07. The molecule has 0 radical (unpaired) electrons. The van der Waals surface area contributed by atoms with Crippen molar-refractivity contribution in [2.75, 3.05) is 12.0 Å². The lowest BCUT2D eigenvalue weighted by Gasteiger charge is -2.03. The number of imidazole rings is 1. The van der Waals surface area contributed by atoms with Crippen LogP contribution in [0.15, 0.2) is 18.2 Å². The third kappa shape index (κ3) is 3.17. The molecule has 1 N–H and O–H groups in total. The van der Waals surface area contributed by atoms with Gasteiger partial charge >= 0.3 is 0 Å². The molecule has 17 heavy (non-hydrogen) atoms. The first-order valence-electron chi connectivity index (χ1n) is 5.26. The summed E-state index contributed by atoms with van der Waals surface area (Å²) in [6.07, 6.45) is 2.62. The van der Waals surface area contributed by atoms with Crippen molar-refractivity contribution >= 4 is 56.6 Å². The zero-order valence-electron chi connectivity index (χ0n) is 9.40. The Morgan fingerprint density at radius 2 is 2.29 bits per heavy atom. The Balaban J connectivity index is 2.30. The van der Waals surface area contributed by atoms with Crippen LogP contribution in [0.1, 0.15) is 6.42 Å². The molecule has 1 aromatic heterocycles. The van der Waals surface area contributed by atoms with E-state index in [1.165, 1.54) is 3.57 Å². The molecule has 6 heteroatoms. The highest BCUT2D eigenvalue weighted by atomic mass is 127. The smallest absolute Gasteiger partial charge is 0.178 e. The summed E-state index contributed by atoms with van der Waals surface area (Å²) < 4.78 is 15.0. The molecule has 1 aromatic carbocycles. The summed E-state index contributed by atoms with van der Waals surface area (Å²) >= 11 is 7.59. The lowest BCUT2D eigenvalue weighted by atomic mass is 10.3. The van der Waals surface area contributed by atoms with E-state index in [1.807, 2.05) is 0 Å². The molecule has 2 rings (SSSR count). The maximum atomic E-state index is 11.0. The van der Waals surface area contributed by atoms with Crippen LogP contribution in [0.5, 0.6) is 0 Å². The molecular formula is C11H13IN2OS2. The number of hydrogen-bond acceptors (Lipinski definition) is 2. The second-order valence-corrected chi connectivity index (χ2v) is 7.06. The summed E-state index contributed by atoms with van der Waals surface area (Å²) in [7, 11) is -0.730. The van der Waals surface area contributed by atoms with E-state index in [-0.39, 0.29) is 0 Å². The van der Waals surface area contributed by atoms with Crippen molar-refractivity contribution < 1.29 is 4.21 Å². The molecule has 0 saturated carbocycles. The van der Waals surface area contributed by atoms with E-state index in [0.717, 1.165) is 34.5 Å². The number of rotatable bonds is 4. The van der Waals surface area contributed by atoms with Gasteiger partial charge in [0, 0.05) is 32.9 Å². The third-order valence-corrected chi connectivity index (χ3v) is 4.41. The van der Waals surface area contributed by atoms with Crippen molar-refractivity contribution in [3.05, 3.63) is 26.5 Å². The minimum Gasteiger partial charge on any atom is -0.331 e. The molecule has 0 amide bonds. The van der Waals surface area contributed by atoms with Gasteiger partial charge in [0.2, 0.25) is 0 Å². The quantitative estimate of drug-likeness (QED) is 0.654. The van der Waals surface area contributed by atoms with Crippen LogP contribution in [-0.4, -0.2) is 25.8 Å². The SMILES string of the molecule is CS(=O)CCCn1c(=S)[nH]c2cc(I)ccc21. The summed E-state index contributed by atoms with van der Waals surface area (Å²) in [5.41, 5.74) is 2.19. The average molecular weight is 380 g/mol. The Morgan fingerprint density at radius 1 is 1.53 bits per heavy atom. The van der Waals surface area contributed by atoms with Crippen LogP contribution in [-0.2, 0) is 17.3 Å². The zero-order chi connectivity index (χ0) is 12.4. The van der Waals surface area contributed by atoms with Gasteiger partial charge in [-0.05, 0) is 59.4 Å². The normalized spacial score (nSPS) is 13.1. The van der Waals surface area contributed by atoms with Crippen molar-refractivity contribution in [3.8, 4) is 0 Å². The van der Waals surface area contributed by atoms with Gasteiger partial charge in [0.25, 0.3) is 0 Å². The molecule has 0 aliphatic carbocycles. The summed E-state index contributed by atoms with van der Waals surface area (Å²) in [4.78, 5) is 3.20. The predicted molar refractivity (Wildman–Crippen MR) is 83.4 cm³/mol. The molecule has 1 heterocycles. The molecule has 0 fully saturated rings. The van der Waals surface area contributed by atoms with Gasteiger partial charge in [-0.25, -0.2) is 0 Å². The monoisotopic (exact) mass is 380 g/mol. The van der Waals surface area contributed by atoms with Crippen molar-refractivity contribution in [1.29, 1.82) is 0 Å². The van der Waals surface area contributed by atoms with Gasteiger partial charge in [0.05, 0.1) is 11.0 Å². The molecule has 92 valence electrons. The fourth-order valence-corrected chi connectivity index (χ4v) is 3.11. The number of nitrogens with zero attached hydrogens (tertiary/aromatic N) is 1. The molecule has 0 aliphatic rings. The van der Waals surface area contributed by atoms with Crippen molar-refractivity contribution in [2.24, 2.45) is 0 Å². The second-order valence-electron chi connectivity index (χ2n) is 3.87. The minimum atomic E-state index is -0.730. The summed E-state index contributed by atoms with van der Waals surface area (Å²) in [6.45, 7) is 0.818. The molecular weight excluding hydrogens is 367 g/mol. The topological polar surface area (TPSA) is 37.8 Å². The van der Waals surface area contributed by atoms with Crippen molar-refractivity contribution in [2.45, 2.75) is 13.0 Å². The fraction of sp³-hybridized carbons (Fsp3) is 0.364. The number of halogens is 1. The maximum absolute atomic E-state index is 11.0. The van der Waals surface area contributed by atoms with Gasteiger partial charge in [-0.1, -0.05) is 0 Å². The van der Waals surface area contributed by atoms with Gasteiger partial charge in [-0.15, -0.1) is 0 Å². The number of benzene rings is 1. The number of fused-ring (bicyclic) bond motifs is 1. The molecule has 0 aliphatic heterocycles. The minimum absolute atomic E-state index is 0.721. The van der Waals surface area contributed by atoms with Crippen molar-refractivity contribution in [3.63, 3.8) is 0 Å². The van der Waals surface area contributed by atoms with E-state index >= 15 is 0 Å². The first kappa shape index (κ1) is 13.2. The Hall–Kier alpha value is -0.210. The van der Waals surface area contributed by atoms with Gasteiger partial charge in [0.1, 0.15) is 0 Å². The van der Waals surface area contributed by atoms with Gasteiger partial charge in [-0.2, -0.15) is 0 Å². The Kier molecular flexibility index (Phi) is 4.37. The first-order valence-corrected chi connectivity index (χ1v) is 8.47. The van der Waals surface area contributed by atoms with E-state index < -0.39 is 10.8 Å². The first-order chi connectivity index (χ1) is 8.08. The highest BCUT2D eigenvalue weighted by molar-refractivity contribution is 14.1. The molecule has 1 unspecified atom stereocenters. The Morgan fingerprint density at radius 3 is 3.00 bits per heavy atom. The molecule has 3 nitrogen and oxygen atoms in total. The summed E-state index contributed by atoms with van der Waals surface area (Å²) in [5, 5.41) is 0. The summed E-state index contributed by atoms with van der Waals surface area (Å²) in [5.74, 6) is 0.721. The van der Waals surface area contributed by atoms with Crippen LogP contribution in [0.25, 0.3) is 11.0 Å². The van der Waals surface area contributed by atoms with Gasteiger partial charge < -0.3 is 9.55 Å². The van der Waals surface area contributed by atoms with Crippen LogP contribution in [0, 0.1) is 8.34 Å². The Bertz CT molecular complexity index is 617. The molecule has 0 bridgehead atoms. The highest BCUT2D eigenvalue weighted by Crippen LogP contribution is 2.17.